The highest BCUT2D eigenvalue weighted by Gasteiger charge is 2.23. The van der Waals surface area contributed by atoms with Gasteiger partial charge in [-0.2, -0.15) is 0 Å². The van der Waals surface area contributed by atoms with Gasteiger partial charge in [0.25, 0.3) is 0 Å². The molecule has 0 spiro atoms. The largest absolute Gasteiger partial charge is 0.481 e. The highest BCUT2D eigenvalue weighted by molar-refractivity contribution is 5.88. The molecule has 0 aromatic carbocycles. The van der Waals surface area contributed by atoms with Gasteiger partial charge in [0.15, 0.2) is 0 Å². The fourth-order valence-corrected chi connectivity index (χ4v) is 0.937. The summed E-state index contributed by atoms with van der Waals surface area (Å²) in [5, 5.41) is 19.1. The molecule has 0 aromatic rings. The van der Waals surface area contributed by atoms with Crippen molar-refractivity contribution in [1.29, 1.82) is 0 Å². The van der Waals surface area contributed by atoms with Gasteiger partial charge in [0.05, 0.1) is 20.0 Å². The number of aliphatic carboxylic acids is 2. The van der Waals surface area contributed by atoms with E-state index in [0.717, 1.165) is 7.11 Å². The van der Waals surface area contributed by atoms with Crippen molar-refractivity contribution in [2.75, 3.05) is 7.11 Å². The summed E-state index contributed by atoms with van der Waals surface area (Å²) in [6.07, 6.45) is -1.26. The van der Waals surface area contributed by atoms with Crippen LogP contribution >= 0.6 is 0 Å². The summed E-state index contributed by atoms with van der Waals surface area (Å²) in [5.74, 6) is -4.08. The SMILES string of the molecule is COC(=O)C[C@H](NC(=O)CCC(=O)O)C(=O)O. The van der Waals surface area contributed by atoms with Gasteiger partial charge in [-0.3, -0.25) is 14.4 Å². The Bertz CT molecular complexity index is 325. The molecule has 0 fully saturated rings. The van der Waals surface area contributed by atoms with E-state index < -0.39 is 42.7 Å². The third-order valence-corrected chi connectivity index (χ3v) is 1.80. The summed E-state index contributed by atoms with van der Waals surface area (Å²) in [7, 11) is 1.09. The molecule has 0 rings (SSSR count). The molecule has 96 valence electrons. The molecule has 0 saturated carbocycles. The minimum Gasteiger partial charge on any atom is -0.481 e. The quantitative estimate of drug-likeness (QED) is 0.491. The summed E-state index contributed by atoms with van der Waals surface area (Å²) in [5.41, 5.74) is 0. The smallest absolute Gasteiger partial charge is 0.326 e. The molecule has 17 heavy (non-hydrogen) atoms. The van der Waals surface area contributed by atoms with Crippen molar-refractivity contribution in [3.05, 3.63) is 0 Å². The van der Waals surface area contributed by atoms with Crippen LogP contribution < -0.4 is 5.32 Å². The van der Waals surface area contributed by atoms with E-state index in [1.54, 1.807) is 0 Å². The van der Waals surface area contributed by atoms with E-state index in [1.807, 2.05) is 5.32 Å². The van der Waals surface area contributed by atoms with Gasteiger partial charge in [-0.15, -0.1) is 0 Å². The molecule has 0 heterocycles. The molecule has 0 unspecified atom stereocenters. The molecule has 0 aromatic heterocycles. The lowest BCUT2D eigenvalue weighted by atomic mass is 10.2. The van der Waals surface area contributed by atoms with Crippen LogP contribution in [0.2, 0.25) is 0 Å². The molecule has 0 bridgehead atoms. The summed E-state index contributed by atoms with van der Waals surface area (Å²) < 4.78 is 4.26. The molecule has 0 saturated heterocycles. The number of amides is 1. The van der Waals surface area contributed by atoms with Gasteiger partial charge in [0, 0.05) is 6.42 Å². The first-order valence-electron chi connectivity index (χ1n) is 4.67. The third kappa shape index (κ3) is 6.88. The van der Waals surface area contributed by atoms with Crippen molar-refractivity contribution < 1.29 is 34.1 Å². The van der Waals surface area contributed by atoms with Crippen LogP contribution in [0, 0.1) is 0 Å². The summed E-state index contributed by atoms with van der Waals surface area (Å²) in [4.78, 5) is 42.8. The molecule has 0 radical (unpaired) electrons. The van der Waals surface area contributed by atoms with Gasteiger partial charge in [-0.25, -0.2) is 4.79 Å². The van der Waals surface area contributed by atoms with E-state index in [9.17, 15) is 19.2 Å². The lowest BCUT2D eigenvalue weighted by Gasteiger charge is -2.12. The second kappa shape index (κ2) is 7.20. The van der Waals surface area contributed by atoms with Crippen molar-refractivity contribution in [2.45, 2.75) is 25.3 Å². The maximum Gasteiger partial charge on any atom is 0.326 e. The predicted octanol–water partition coefficient (Wildman–Crippen LogP) is -1.02. The molecule has 1 atom stereocenters. The van der Waals surface area contributed by atoms with E-state index in [2.05, 4.69) is 4.74 Å². The van der Waals surface area contributed by atoms with Crippen LogP contribution in [0.5, 0.6) is 0 Å². The lowest BCUT2D eigenvalue weighted by molar-refractivity contribution is -0.149. The summed E-state index contributed by atoms with van der Waals surface area (Å²) in [6, 6.07) is -1.41. The van der Waals surface area contributed by atoms with Crippen LogP contribution in [0.3, 0.4) is 0 Å². The highest BCUT2D eigenvalue weighted by atomic mass is 16.5. The highest BCUT2D eigenvalue weighted by Crippen LogP contribution is 1.97. The first-order valence-corrected chi connectivity index (χ1v) is 4.67. The number of carboxylic acid groups (broad SMARTS) is 2. The minimum atomic E-state index is -1.41. The molecule has 1 amide bonds. The zero-order chi connectivity index (χ0) is 13.4. The Morgan fingerprint density at radius 2 is 1.76 bits per heavy atom. The van der Waals surface area contributed by atoms with E-state index in [0.29, 0.717) is 0 Å². The van der Waals surface area contributed by atoms with Crippen LogP contribution in [-0.4, -0.2) is 47.2 Å². The third-order valence-electron chi connectivity index (χ3n) is 1.80. The van der Waals surface area contributed by atoms with Crippen molar-refractivity contribution in [1.82, 2.24) is 5.32 Å². The molecule has 0 aliphatic rings. The van der Waals surface area contributed by atoms with Crippen molar-refractivity contribution in [3.8, 4) is 0 Å². The minimum absolute atomic E-state index is 0.347. The van der Waals surface area contributed by atoms with Crippen LogP contribution in [0.25, 0.3) is 0 Å². The number of carbonyl (C=O) groups is 4. The Balaban J connectivity index is 4.25. The Morgan fingerprint density at radius 1 is 1.18 bits per heavy atom. The van der Waals surface area contributed by atoms with Crippen molar-refractivity contribution in [3.63, 3.8) is 0 Å². The fourth-order valence-electron chi connectivity index (χ4n) is 0.937. The van der Waals surface area contributed by atoms with Crippen LogP contribution in [0.15, 0.2) is 0 Å². The Hall–Kier alpha value is -2.12. The molecule has 3 N–H and O–H groups in total. The average molecular weight is 247 g/mol. The molecule has 0 aliphatic heterocycles. The number of rotatable bonds is 7. The predicted molar refractivity (Wildman–Crippen MR) is 53.1 cm³/mol. The Morgan fingerprint density at radius 3 is 2.18 bits per heavy atom. The average Bonchev–Trinajstić information content (AvgIpc) is 2.25. The van der Waals surface area contributed by atoms with Gasteiger partial charge in [0.2, 0.25) is 5.91 Å². The number of esters is 1. The van der Waals surface area contributed by atoms with E-state index >= 15 is 0 Å². The maximum absolute atomic E-state index is 11.1. The topological polar surface area (TPSA) is 130 Å². The van der Waals surface area contributed by atoms with Gasteiger partial charge in [-0.05, 0) is 0 Å². The molecule has 0 aliphatic carbocycles. The zero-order valence-corrected chi connectivity index (χ0v) is 9.13. The molecule has 8 nitrogen and oxygen atoms in total. The zero-order valence-electron chi connectivity index (χ0n) is 9.13. The van der Waals surface area contributed by atoms with Gasteiger partial charge >= 0.3 is 17.9 Å². The number of ether oxygens (including phenoxy) is 1. The maximum atomic E-state index is 11.1. The Labute approximate surface area is 96.6 Å². The fraction of sp³-hybridized carbons (Fsp3) is 0.556. The number of carbonyl (C=O) groups excluding carboxylic acids is 2. The first-order chi connectivity index (χ1) is 7.86. The normalized spacial score (nSPS) is 11.4. The van der Waals surface area contributed by atoms with Gasteiger partial charge < -0.3 is 20.3 Å². The van der Waals surface area contributed by atoms with Crippen molar-refractivity contribution >= 4 is 23.8 Å². The number of nitrogens with one attached hydrogen (secondary N) is 1. The second-order valence-corrected chi connectivity index (χ2v) is 3.13. The van der Waals surface area contributed by atoms with Crippen LogP contribution in [0.1, 0.15) is 19.3 Å². The lowest BCUT2D eigenvalue weighted by Crippen LogP contribution is -2.42. The Kier molecular flexibility index (Phi) is 6.30. The summed E-state index contributed by atoms with van der Waals surface area (Å²) in [6.45, 7) is 0. The van der Waals surface area contributed by atoms with E-state index in [1.165, 1.54) is 0 Å². The number of hydrogen-bond donors (Lipinski definition) is 3. The number of methoxy groups -OCH3 is 1. The number of carboxylic acids is 2. The molecular weight excluding hydrogens is 234 g/mol. The second-order valence-electron chi connectivity index (χ2n) is 3.13. The van der Waals surface area contributed by atoms with Crippen LogP contribution in [-0.2, 0) is 23.9 Å². The van der Waals surface area contributed by atoms with Crippen LogP contribution in [0.4, 0.5) is 0 Å². The van der Waals surface area contributed by atoms with Gasteiger partial charge in [-0.1, -0.05) is 0 Å². The first kappa shape index (κ1) is 14.9. The standard InChI is InChI=1S/C9H13NO7/c1-17-8(14)4-5(9(15)16)10-6(11)2-3-7(12)13/h5H,2-4H2,1H3,(H,10,11)(H,12,13)(H,15,16)/t5-/m0/s1. The monoisotopic (exact) mass is 247 g/mol. The molecular formula is C9H13NO7. The van der Waals surface area contributed by atoms with Crippen molar-refractivity contribution in [2.24, 2.45) is 0 Å². The molecule has 8 heteroatoms. The summed E-state index contributed by atoms with van der Waals surface area (Å²) >= 11 is 0. The van der Waals surface area contributed by atoms with E-state index in [-0.39, 0.29) is 6.42 Å². The van der Waals surface area contributed by atoms with Gasteiger partial charge in [0.1, 0.15) is 6.04 Å². The number of hydrogen-bond acceptors (Lipinski definition) is 5. The van der Waals surface area contributed by atoms with E-state index in [4.69, 9.17) is 10.2 Å².